The first kappa shape index (κ1) is 22.4. The van der Waals surface area contributed by atoms with Crippen LogP contribution in [0.5, 0.6) is 5.88 Å². The molecular weight excluding hydrogens is 423 g/mol. The number of amides is 1. The lowest BCUT2D eigenvalue weighted by molar-refractivity contribution is -0.138. The van der Waals surface area contributed by atoms with Crippen LogP contribution in [0.2, 0.25) is 0 Å². The van der Waals surface area contributed by atoms with Crippen LogP contribution in [0.15, 0.2) is 48.8 Å². The molecular formula is C22H16F3N5O2. The molecule has 2 heterocycles. The van der Waals surface area contributed by atoms with Crippen molar-refractivity contribution in [1.29, 1.82) is 10.7 Å². The highest BCUT2D eigenvalue weighted by atomic mass is 19.4. The van der Waals surface area contributed by atoms with Crippen LogP contribution in [0.4, 0.5) is 18.9 Å². The number of rotatable bonds is 5. The molecule has 0 aliphatic rings. The summed E-state index contributed by atoms with van der Waals surface area (Å²) in [6, 6.07) is 9.97. The van der Waals surface area contributed by atoms with Crippen molar-refractivity contribution in [3.05, 3.63) is 82.3 Å². The Balaban J connectivity index is 1.94. The highest BCUT2D eigenvalue weighted by Crippen LogP contribution is 2.32. The van der Waals surface area contributed by atoms with Crippen LogP contribution >= 0.6 is 0 Å². The van der Waals surface area contributed by atoms with Crippen molar-refractivity contribution in [2.24, 2.45) is 0 Å². The van der Waals surface area contributed by atoms with Crippen molar-refractivity contribution in [3.63, 3.8) is 0 Å². The Morgan fingerprint density at radius 3 is 2.59 bits per heavy atom. The van der Waals surface area contributed by atoms with Crippen molar-refractivity contribution in [2.45, 2.75) is 13.1 Å². The number of carbonyl (C=O) groups is 1. The second kappa shape index (κ2) is 8.85. The molecule has 0 unspecified atom stereocenters. The number of hydrogen-bond acceptors (Lipinski definition) is 6. The molecule has 0 bridgehead atoms. The lowest BCUT2D eigenvalue weighted by atomic mass is 9.98. The van der Waals surface area contributed by atoms with Gasteiger partial charge in [0.15, 0.2) is 0 Å². The summed E-state index contributed by atoms with van der Waals surface area (Å²) in [6.45, 7) is 1.76. The predicted molar refractivity (Wildman–Crippen MR) is 110 cm³/mol. The fourth-order valence-corrected chi connectivity index (χ4v) is 2.91. The van der Waals surface area contributed by atoms with E-state index in [1.165, 1.54) is 25.4 Å². The number of carbonyl (C=O) groups excluding carboxylic acids is 1. The molecule has 0 aliphatic carbocycles. The van der Waals surface area contributed by atoms with Crippen LogP contribution < -0.4 is 10.1 Å². The Kier molecular flexibility index (Phi) is 6.20. The highest BCUT2D eigenvalue weighted by molar-refractivity contribution is 6.13. The molecule has 0 radical (unpaired) electrons. The number of anilines is 1. The van der Waals surface area contributed by atoms with E-state index in [-0.39, 0.29) is 17.0 Å². The minimum atomic E-state index is -4.87. The first-order valence-corrected chi connectivity index (χ1v) is 9.12. The van der Waals surface area contributed by atoms with Gasteiger partial charge in [0.05, 0.1) is 23.9 Å². The van der Waals surface area contributed by atoms with Crippen molar-refractivity contribution < 1.29 is 22.7 Å². The lowest BCUT2D eigenvalue weighted by Crippen LogP contribution is -2.21. The second-order valence-corrected chi connectivity index (χ2v) is 6.68. The van der Waals surface area contributed by atoms with Crippen LogP contribution in [0.25, 0.3) is 0 Å². The number of aromatic nitrogens is 2. The molecule has 162 valence electrons. The lowest BCUT2D eigenvalue weighted by Gasteiger charge is -2.14. The van der Waals surface area contributed by atoms with E-state index >= 15 is 0 Å². The van der Waals surface area contributed by atoms with Crippen molar-refractivity contribution in [3.8, 4) is 11.9 Å². The summed E-state index contributed by atoms with van der Waals surface area (Å²) in [5.74, 6) is -0.769. The van der Waals surface area contributed by atoms with Crippen molar-refractivity contribution in [1.82, 2.24) is 9.97 Å². The van der Waals surface area contributed by atoms with Crippen LogP contribution in [-0.2, 0) is 6.18 Å². The molecule has 0 spiro atoms. The number of alkyl halides is 3. The number of halogens is 3. The van der Waals surface area contributed by atoms with Gasteiger partial charge in [0.2, 0.25) is 5.88 Å². The van der Waals surface area contributed by atoms with E-state index in [1.807, 2.05) is 0 Å². The molecule has 10 heteroatoms. The first-order valence-electron chi connectivity index (χ1n) is 9.12. The van der Waals surface area contributed by atoms with Gasteiger partial charge in [-0.15, -0.1) is 0 Å². The Hall–Kier alpha value is -4.26. The van der Waals surface area contributed by atoms with Gasteiger partial charge in [-0.2, -0.15) is 18.4 Å². The molecule has 0 fully saturated rings. The minimum Gasteiger partial charge on any atom is -0.481 e. The summed E-state index contributed by atoms with van der Waals surface area (Å²) in [5.41, 5.74) is -0.488. The summed E-state index contributed by atoms with van der Waals surface area (Å²) >= 11 is 0. The first-order chi connectivity index (χ1) is 15.1. The number of nitrogens with zero attached hydrogens (tertiary/aromatic N) is 3. The molecule has 0 saturated heterocycles. The van der Waals surface area contributed by atoms with Gasteiger partial charge in [0.1, 0.15) is 11.8 Å². The number of nitriles is 1. The zero-order valence-corrected chi connectivity index (χ0v) is 16.9. The predicted octanol–water partition coefficient (Wildman–Crippen LogP) is 4.35. The maximum atomic E-state index is 13.4. The third-order valence-corrected chi connectivity index (χ3v) is 4.53. The Bertz CT molecular complexity index is 1250. The standard InChI is InChI=1S/C22H16F3N5O2/c1-12-3-4-15(9-16(12)19(27)14-5-6-28-18(8-14)32-2)30-21(31)20-17(22(23,24)25)7-13(10-26)11-29-20/h3-9,11,27H,1-2H3,(H,30,31). The van der Waals surface area contributed by atoms with Gasteiger partial charge in [-0.3, -0.25) is 10.2 Å². The molecule has 0 aliphatic heterocycles. The molecule has 1 amide bonds. The van der Waals surface area contributed by atoms with Gasteiger partial charge in [0.25, 0.3) is 5.91 Å². The summed E-state index contributed by atoms with van der Waals surface area (Å²) < 4.78 is 45.2. The average Bonchev–Trinajstić information content (AvgIpc) is 2.78. The summed E-state index contributed by atoms with van der Waals surface area (Å²) in [6.07, 6.45) is -2.48. The molecule has 3 aromatic rings. The number of hydrogen-bond donors (Lipinski definition) is 2. The zero-order valence-electron chi connectivity index (χ0n) is 16.9. The molecule has 1 aromatic carbocycles. The molecule has 32 heavy (non-hydrogen) atoms. The maximum absolute atomic E-state index is 13.4. The number of benzene rings is 1. The van der Waals surface area contributed by atoms with E-state index in [0.29, 0.717) is 23.1 Å². The maximum Gasteiger partial charge on any atom is 0.418 e. The molecule has 7 nitrogen and oxygen atoms in total. The van der Waals surface area contributed by atoms with Gasteiger partial charge in [0, 0.05) is 35.3 Å². The normalized spacial score (nSPS) is 10.9. The molecule has 2 N–H and O–H groups in total. The van der Waals surface area contributed by atoms with Crippen molar-refractivity contribution in [2.75, 3.05) is 12.4 Å². The van der Waals surface area contributed by atoms with Crippen LogP contribution in [0.1, 0.15) is 38.3 Å². The largest absolute Gasteiger partial charge is 0.481 e. The monoisotopic (exact) mass is 439 g/mol. The van der Waals surface area contributed by atoms with Crippen LogP contribution in [0, 0.1) is 23.7 Å². The summed E-state index contributed by atoms with van der Waals surface area (Å²) in [7, 11) is 1.45. The summed E-state index contributed by atoms with van der Waals surface area (Å²) in [4.78, 5) is 20.1. The van der Waals surface area contributed by atoms with E-state index in [4.69, 9.17) is 15.4 Å². The molecule has 0 atom stereocenters. The highest BCUT2D eigenvalue weighted by Gasteiger charge is 2.36. The van der Waals surface area contributed by atoms with E-state index in [2.05, 4.69) is 15.3 Å². The number of ether oxygens (including phenoxy) is 1. The van der Waals surface area contributed by atoms with E-state index in [1.54, 1.807) is 31.2 Å². The fourth-order valence-electron chi connectivity index (χ4n) is 2.91. The fraction of sp³-hybridized carbons (Fsp3) is 0.136. The molecule has 3 rings (SSSR count). The van der Waals surface area contributed by atoms with E-state index in [0.717, 1.165) is 11.8 Å². The quantitative estimate of drug-likeness (QED) is 0.574. The third kappa shape index (κ3) is 4.73. The Morgan fingerprint density at radius 1 is 1.19 bits per heavy atom. The molecule has 2 aromatic heterocycles. The summed E-state index contributed by atoms with van der Waals surface area (Å²) in [5, 5.41) is 19.7. The second-order valence-electron chi connectivity index (χ2n) is 6.68. The zero-order chi connectivity index (χ0) is 23.5. The SMILES string of the molecule is COc1cc(C(=N)c2cc(NC(=O)c3ncc(C#N)cc3C(F)(F)F)ccc2C)ccn1. The van der Waals surface area contributed by atoms with Gasteiger partial charge in [-0.25, -0.2) is 9.97 Å². The van der Waals surface area contributed by atoms with Crippen LogP contribution in [-0.4, -0.2) is 28.7 Å². The third-order valence-electron chi connectivity index (χ3n) is 4.53. The number of methoxy groups -OCH3 is 1. The van der Waals surface area contributed by atoms with E-state index in [9.17, 15) is 18.0 Å². The topological polar surface area (TPSA) is 112 Å². The van der Waals surface area contributed by atoms with Gasteiger partial charge >= 0.3 is 6.18 Å². The van der Waals surface area contributed by atoms with Gasteiger partial charge in [-0.05, 0) is 36.8 Å². The number of aryl methyl sites for hydroxylation is 1. The van der Waals surface area contributed by atoms with Crippen molar-refractivity contribution >= 4 is 17.3 Å². The molecule has 0 saturated carbocycles. The minimum absolute atomic E-state index is 0.117. The van der Waals surface area contributed by atoms with Gasteiger partial charge in [-0.1, -0.05) is 6.07 Å². The van der Waals surface area contributed by atoms with Gasteiger partial charge < -0.3 is 10.1 Å². The number of pyridine rings is 2. The average molecular weight is 439 g/mol. The Morgan fingerprint density at radius 2 is 1.94 bits per heavy atom. The smallest absolute Gasteiger partial charge is 0.418 e. The Labute approximate surface area is 181 Å². The van der Waals surface area contributed by atoms with E-state index < -0.39 is 23.3 Å². The number of nitrogens with one attached hydrogen (secondary N) is 2. The van der Waals surface area contributed by atoms with Crippen LogP contribution in [0.3, 0.4) is 0 Å².